The van der Waals surface area contributed by atoms with Crippen LogP contribution < -0.4 is 55.3 Å². The number of carbonyl (C=O) groups is 6. The number of hydrogen-bond acceptors (Lipinski definition) is 8. The summed E-state index contributed by atoms with van der Waals surface area (Å²) in [6, 6.07) is 31.9. The molecule has 4 unspecified atom stereocenters. The molecule has 8 rings (SSSR count). The minimum Gasteiger partial charge on any atom is -0.370 e. The smallest absolute Gasteiger partial charge is 0.243 e. The quantitative estimate of drug-likeness (QED) is 0.0193. The number of rotatable bonds is 23. The molecule has 0 bridgehead atoms. The highest BCUT2D eigenvalue weighted by atomic mass is 16.2. The predicted molar refractivity (Wildman–Crippen MR) is 288 cm³/mol. The van der Waals surface area contributed by atoms with Crippen LogP contribution in [0.3, 0.4) is 0 Å². The zero-order valence-electron chi connectivity index (χ0n) is 40.5. The first-order chi connectivity index (χ1) is 35.1. The SMILES string of the molecule is CC(=O)NC(CCCN=C(N)N)C(=O)NC(Cc1ccc2ccc3cccc4ccc1c2c34)C(=O)NCCC(=O)NC(Cc1ccc2ccc3cccc4ccc1c2c34)C(=O)NC(CCCN=C(N)N)C(N)=O. The number of primary amides is 1. The molecule has 0 aliphatic rings. The Hall–Kier alpha value is -8.80. The Balaban J connectivity index is 1.03. The van der Waals surface area contributed by atoms with E-state index in [2.05, 4.69) is 54.8 Å². The molecule has 15 N–H and O–H groups in total. The van der Waals surface area contributed by atoms with Crippen molar-refractivity contribution in [2.45, 2.75) is 76.0 Å². The molecule has 0 aromatic heterocycles. The molecule has 0 saturated carbocycles. The molecule has 0 radical (unpaired) electrons. The minimum atomic E-state index is -1.18. The Morgan fingerprint density at radius 1 is 0.466 bits per heavy atom. The maximum atomic E-state index is 14.4. The number of benzene rings is 8. The number of nitrogens with two attached hydrogens (primary N) is 5. The lowest BCUT2D eigenvalue weighted by Gasteiger charge is -2.24. The van der Waals surface area contributed by atoms with Crippen LogP contribution in [0.4, 0.5) is 0 Å². The summed E-state index contributed by atoms with van der Waals surface area (Å²) in [4.78, 5) is 89.5. The Labute approximate surface area is 420 Å². The fourth-order valence-corrected chi connectivity index (χ4v) is 9.85. The minimum absolute atomic E-state index is 0.0480. The van der Waals surface area contributed by atoms with Gasteiger partial charge in [-0.1, -0.05) is 109 Å². The summed E-state index contributed by atoms with van der Waals surface area (Å²) < 4.78 is 0. The summed E-state index contributed by atoms with van der Waals surface area (Å²) in [7, 11) is 0. The van der Waals surface area contributed by atoms with Crippen LogP contribution in [0.5, 0.6) is 0 Å². The van der Waals surface area contributed by atoms with Crippen molar-refractivity contribution in [3.63, 3.8) is 0 Å². The summed E-state index contributed by atoms with van der Waals surface area (Å²) in [5, 5.41) is 26.3. The molecule has 18 heteroatoms. The standard InChI is InChI=1S/C55H60N12O6/c1-30(68)64-42(11-5-26-63-55(59)60)52(72)67-43(28-37-18-16-35-14-12-31-6-2-8-33-20-22-39(37)48(35)46(31)33)51(71)61-27-24-45(69)65-44(53(73)66-41(50(56)70)10-4-25-62-54(57)58)29-38-19-17-36-15-13-32-7-3-9-34-21-23-40(38)49(36)47(32)34/h2-3,6-9,12-23,41-44H,4-5,10-11,24-29H2,1H3,(H2,56,70)(H,61,71)(H,64,68)(H,65,69)(H,66,73)(H,67,72)(H4,57,58,62)(H4,59,60,63). The van der Waals surface area contributed by atoms with Gasteiger partial charge >= 0.3 is 0 Å². The maximum Gasteiger partial charge on any atom is 0.243 e. The number of hydrogen-bond donors (Lipinski definition) is 10. The van der Waals surface area contributed by atoms with Crippen molar-refractivity contribution in [2.75, 3.05) is 19.6 Å². The van der Waals surface area contributed by atoms with Crippen molar-refractivity contribution in [1.29, 1.82) is 0 Å². The highest BCUT2D eigenvalue weighted by Gasteiger charge is 2.30. The second-order valence-electron chi connectivity index (χ2n) is 18.4. The summed E-state index contributed by atoms with van der Waals surface area (Å²) in [6.07, 6.45) is 0.860. The van der Waals surface area contributed by atoms with Crippen LogP contribution in [0.25, 0.3) is 64.6 Å². The van der Waals surface area contributed by atoms with Gasteiger partial charge in [-0.25, -0.2) is 0 Å². The van der Waals surface area contributed by atoms with Gasteiger partial charge in [0.05, 0.1) is 0 Å². The number of aliphatic imine (C=N–C) groups is 2. The molecule has 6 amide bonds. The third-order valence-electron chi connectivity index (χ3n) is 13.3. The van der Waals surface area contributed by atoms with Crippen LogP contribution in [0.15, 0.2) is 119 Å². The van der Waals surface area contributed by atoms with Crippen LogP contribution >= 0.6 is 0 Å². The van der Waals surface area contributed by atoms with Gasteiger partial charge in [0.15, 0.2) is 11.9 Å². The van der Waals surface area contributed by atoms with Crippen LogP contribution in [-0.4, -0.2) is 91.2 Å². The first-order valence-corrected chi connectivity index (χ1v) is 24.3. The van der Waals surface area contributed by atoms with E-state index in [0.717, 1.165) is 75.8 Å². The zero-order valence-corrected chi connectivity index (χ0v) is 40.5. The lowest BCUT2D eigenvalue weighted by Crippen LogP contribution is -2.55. The van der Waals surface area contributed by atoms with Gasteiger partial charge in [-0.3, -0.25) is 38.8 Å². The monoisotopic (exact) mass is 984 g/mol. The van der Waals surface area contributed by atoms with Crippen LogP contribution in [0.1, 0.15) is 50.2 Å². The van der Waals surface area contributed by atoms with Crippen molar-refractivity contribution in [2.24, 2.45) is 38.7 Å². The maximum absolute atomic E-state index is 14.4. The number of nitrogens with one attached hydrogen (secondary N) is 5. The molecular weight excluding hydrogens is 925 g/mol. The molecule has 0 fully saturated rings. The molecule has 73 heavy (non-hydrogen) atoms. The van der Waals surface area contributed by atoms with Gasteiger partial charge in [0.25, 0.3) is 0 Å². The summed E-state index contributed by atoms with van der Waals surface area (Å²) >= 11 is 0. The molecule has 0 aliphatic carbocycles. The van der Waals surface area contributed by atoms with E-state index in [-0.39, 0.29) is 63.7 Å². The Bertz CT molecular complexity index is 3390. The fraction of sp³-hybridized carbons (Fsp3) is 0.273. The normalized spacial score (nSPS) is 13.1. The summed E-state index contributed by atoms with van der Waals surface area (Å²) in [5.41, 5.74) is 29.3. The number of nitrogens with zero attached hydrogens (tertiary/aromatic N) is 2. The molecule has 18 nitrogen and oxygen atoms in total. The number of guanidine groups is 2. The molecular formula is C55H60N12O6. The molecule has 8 aromatic carbocycles. The van der Waals surface area contributed by atoms with E-state index in [4.69, 9.17) is 28.7 Å². The summed E-state index contributed by atoms with van der Waals surface area (Å²) in [6.45, 7) is 1.54. The van der Waals surface area contributed by atoms with E-state index in [1.807, 2.05) is 91.0 Å². The number of amides is 6. The first-order valence-electron chi connectivity index (χ1n) is 24.3. The second-order valence-corrected chi connectivity index (χ2v) is 18.4. The van der Waals surface area contributed by atoms with E-state index in [9.17, 15) is 28.8 Å². The Kier molecular flexibility index (Phi) is 15.6. The molecule has 4 atom stereocenters. The molecule has 0 heterocycles. The van der Waals surface area contributed by atoms with Crippen molar-refractivity contribution < 1.29 is 28.8 Å². The average Bonchev–Trinajstić information content (AvgIpc) is 3.36. The zero-order chi connectivity index (χ0) is 51.8. The van der Waals surface area contributed by atoms with Gasteiger partial charge in [0, 0.05) is 45.8 Å². The second kappa shape index (κ2) is 22.5. The average molecular weight is 985 g/mol. The van der Waals surface area contributed by atoms with Gasteiger partial charge in [-0.2, -0.15) is 0 Å². The third-order valence-corrected chi connectivity index (χ3v) is 13.3. The molecule has 0 saturated heterocycles. The third kappa shape index (κ3) is 11.9. The molecule has 8 aromatic rings. The van der Waals surface area contributed by atoms with Crippen molar-refractivity contribution in [1.82, 2.24) is 26.6 Å². The first kappa shape index (κ1) is 50.6. The molecule has 376 valence electrons. The lowest BCUT2D eigenvalue weighted by molar-refractivity contribution is -0.132. The van der Waals surface area contributed by atoms with Crippen molar-refractivity contribution in [3.8, 4) is 0 Å². The van der Waals surface area contributed by atoms with E-state index < -0.39 is 59.6 Å². The van der Waals surface area contributed by atoms with E-state index >= 15 is 0 Å². The van der Waals surface area contributed by atoms with Gasteiger partial charge in [-0.15, -0.1) is 0 Å². The van der Waals surface area contributed by atoms with E-state index in [0.29, 0.717) is 12.8 Å². The van der Waals surface area contributed by atoms with Crippen LogP contribution in [0, 0.1) is 0 Å². The van der Waals surface area contributed by atoms with Gasteiger partial charge in [-0.05, 0) is 101 Å². The summed E-state index contributed by atoms with van der Waals surface area (Å²) in [5.74, 6) is -3.82. The Morgan fingerprint density at radius 3 is 1.34 bits per heavy atom. The molecule has 0 aliphatic heterocycles. The Morgan fingerprint density at radius 2 is 0.877 bits per heavy atom. The van der Waals surface area contributed by atoms with Gasteiger partial charge in [0.2, 0.25) is 35.4 Å². The van der Waals surface area contributed by atoms with Crippen LogP contribution in [-0.2, 0) is 41.6 Å². The number of carbonyl (C=O) groups excluding carboxylic acids is 6. The fourth-order valence-electron chi connectivity index (χ4n) is 9.85. The van der Waals surface area contributed by atoms with Crippen molar-refractivity contribution >= 4 is 112 Å². The van der Waals surface area contributed by atoms with Crippen LogP contribution in [0.2, 0.25) is 0 Å². The topological polar surface area (TPSA) is 317 Å². The van der Waals surface area contributed by atoms with E-state index in [1.54, 1.807) is 0 Å². The predicted octanol–water partition coefficient (Wildman–Crippen LogP) is 3.32. The lowest BCUT2D eigenvalue weighted by atomic mass is 9.90. The molecule has 0 spiro atoms. The van der Waals surface area contributed by atoms with Gasteiger partial charge in [0.1, 0.15) is 24.2 Å². The highest BCUT2D eigenvalue weighted by molar-refractivity contribution is 6.24. The largest absolute Gasteiger partial charge is 0.370 e. The van der Waals surface area contributed by atoms with E-state index in [1.165, 1.54) is 6.92 Å². The van der Waals surface area contributed by atoms with Gasteiger partial charge < -0.3 is 55.3 Å². The van der Waals surface area contributed by atoms with Crippen molar-refractivity contribution in [3.05, 3.63) is 120 Å². The highest BCUT2D eigenvalue weighted by Crippen LogP contribution is 2.38.